The first kappa shape index (κ1) is 18.5. The van der Waals surface area contributed by atoms with E-state index in [0.29, 0.717) is 12.6 Å². The summed E-state index contributed by atoms with van der Waals surface area (Å²) in [5, 5.41) is 15.5. The molecule has 5 nitrogen and oxygen atoms in total. The molecule has 144 valence electrons. The van der Waals surface area contributed by atoms with Gasteiger partial charge in [-0.15, -0.1) is 0 Å². The summed E-state index contributed by atoms with van der Waals surface area (Å²) in [4.78, 5) is 4.40. The third kappa shape index (κ3) is 4.72. The SMILES string of the molecule is ONCC1N=C(c2ccc(C#Cc3ccc(NC4CCCCC4)cc3)cc2)N1. The molecule has 0 saturated heterocycles. The van der Waals surface area contributed by atoms with E-state index in [9.17, 15) is 0 Å². The minimum atomic E-state index is -0.0601. The molecule has 1 aliphatic heterocycles. The summed E-state index contributed by atoms with van der Waals surface area (Å²) in [7, 11) is 0. The number of nitrogens with zero attached hydrogens (tertiary/aromatic N) is 1. The van der Waals surface area contributed by atoms with Crippen LogP contribution in [0.3, 0.4) is 0 Å². The van der Waals surface area contributed by atoms with Crippen molar-refractivity contribution in [2.75, 3.05) is 11.9 Å². The maximum atomic E-state index is 8.66. The van der Waals surface area contributed by atoms with Crippen LogP contribution in [-0.2, 0) is 0 Å². The summed E-state index contributed by atoms with van der Waals surface area (Å²) >= 11 is 0. The van der Waals surface area contributed by atoms with Gasteiger partial charge in [-0.25, -0.2) is 10.5 Å². The van der Waals surface area contributed by atoms with Gasteiger partial charge in [0.05, 0.1) is 6.54 Å². The first-order chi connectivity index (χ1) is 13.8. The Labute approximate surface area is 166 Å². The van der Waals surface area contributed by atoms with Crippen molar-refractivity contribution in [1.82, 2.24) is 10.8 Å². The summed E-state index contributed by atoms with van der Waals surface area (Å²) in [5.74, 6) is 7.30. The Morgan fingerprint density at radius 2 is 1.54 bits per heavy atom. The Kier molecular flexibility index (Phi) is 5.91. The van der Waals surface area contributed by atoms with E-state index < -0.39 is 0 Å². The molecule has 0 bridgehead atoms. The average Bonchev–Trinajstić information content (AvgIpc) is 2.71. The Morgan fingerprint density at radius 1 is 0.929 bits per heavy atom. The molecule has 2 aromatic rings. The highest BCUT2D eigenvalue weighted by Crippen LogP contribution is 2.21. The molecule has 0 aromatic heterocycles. The van der Waals surface area contributed by atoms with E-state index in [1.165, 1.54) is 37.8 Å². The maximum Gasteiger partial charge on any atom is 0.137 e. The third-order valence-electron chi connectivity index (χ3n) is 5.24. The summed E-state index contributed by atoms with van der Waals surface area (Å²) < 4.78 is 0. The number of hydroxylamine groups is 1. The molecular formula is C23H26N4O. The topological polar surface area (TPSA) is 68.7 Å². The van der Waals surface area contributed by atoms with Gasteiger partial charge in [0.1, 0.15) is 12.0 Å². The summed E-state index contributed by atoms with van der Waals surface area (Å²) in [6.45, 7) is 0.405. The van der Waals surface area contributed by atoms with Crippen molar-refractivity contribution in [3.05, 3.63) is 65.2 Å². The molecule has 0 radical (unpaired) electrons. The van der Waals surface area contributed by atoms with Crippen molar-refractivity contribution < 1.29 is 5.21 Å². The van der Waals surface area contributed by atoms with Crippen LogP contribution in [0.5, 0.6) is 0 Å². The van der Waals surface area contributed by atoms with Crippen LogP contribution in [0.4, 0.5) is 5.69 Å². The summed E-state index contributed by atoms with van der Waals surface area (Å²) in [6.07, 6.45) is 6.54. The van der Waals surface area contributed by atoms with Crippen LogP contribution in [-0.4, -0.2) is 29.8 Å². The second-order valence-electron chi connectivity index (χ2n) is 7.38. The van der Waals surface area contributed by atoms with Crippen LogP contribution in [0.2, 0.25) is 0 Å². The summed E-state index contributed by atoms with van der Waals surface area (Å²) in [6, 6.07) is 17.1. The monoisotopic (exact) mass is 374 g/mol. The predicted octanol–water partition coefficient (Wildman–Crippen LogP) is 3.49. The zero-order valence-electron chi connectivity index (χ0n) is 15.9. The number of rotatable bonds is 5. The Bertz CT molecular complexity index is 872. The molecule has 1 heterocycles. The van der Waals surface area contributed by atoms with Gasteiger partial charge < -0.3 is 15.8 Å². The molecule has 0 amide bonds. The molecule has 2 aliphatic rings. The van der Waals surface area contributed by atoms with Gasteiger partial charge in [-0.05, 0) is 49.2 Å². The number of benzene rings is 2. The Hall–Kier alpha value is -2.81. The first-order valence-corrected chi connectivity index (χ1v) is 10.0. The van der Waals surface area contributed by atoms with E-state index >= 15 is 0 Å². The van der Waals surface area contributed by atoms with E-state index in [1.807, 2.05) is 24.3 Å². The molecule has 4 rings (SSSR count). The fourth-order valence-corrected chi connectivity index (χ4v) is 3.65. The van der Waals surface area contributed by atoms with Crippen LogP contribution in [0.1, 0.15) is 48.8 Å². The van der Waals surface area contributed by atoms with Crippen LogP contribution in [0.15, 0.2) is 53.5 Å². The van der Waals surface area contributed by atoms with Crippen LogP contribution < -0.4 is 16.1 Å². The minimum Gasteiger partial charge on any atom is -0.382 e. The average molecular weight is 374 g/mol. The molecular weight excluding hydrogens is 348 g/mol. The van der Waals surface area contributed by atoms with Crippen LogP contribution in [0.25, 0.3) is 0 Å². The van der Waals surface area contributed by atoms with E-state index in [2.05, 4.69) is 57.2 Å². The quantitative estimate of drug-likeness (QED) is 0.478. The normalized spacial score (nSPS) is 18.9. The molecule has 1 fully saturated rings. The molecule has 2 aromatic carbocycles. The van der Waals surface area contributed by atoms with Crippen LogP contribution in [0, 0.1) is 11.8 Å². The van der Waals surface area contributed by atoms with Crippen molar-refractivity contribution in [3.63, 3.8) is 0 Å². The second kappa shape index (κ2) is 8.92. The second-order valence-corrected chi connectivity index (χ2v) is 7.38. The molecule has 0 spiro atoms. The van der Waals surface area contributed by atoms with Gasteiger partial charge >= 0.3 is 0 Å². The fraction of sp³-hybridized carbons (Fsp3) is 0.348. The number of anilines is 1. The maximum absolute atomic E-state index is 8.66. The highest BCUT2D eigenvalue weighted by molar-refractivity contribution is 6.02. The van der Waals surface area contributed by atoms with E-state index in [0.717, 1.165) is 22.5 Å². The van der Waals surface area contributed by atoms with Crippen molar-refractivity contribution in [2.24, 2.45) is 4.99 Å². The van der Waals surface area contributed by atoms with Gasteiger partial charge in [-0.2, -0.15) is 0 Å². The highest BCUT2D eigenvalue weighted by atomic mass is 16.5. The van der Waals surface area contributed by atoms with Gasteiger partial charge in [0, 0.05) is 28.4 Å². The zero-order chi connectivity index (χ0) is 19.2. The predicted molar refractivity (Wildman–Crippen MR) is 113 cm³/mol. The Balaban J connectivity index is 1.34. The standard InChI is InChI=1S/C23H26N4O/c28-24-16-22-26-23(27-22)19-12-8-17(9-13-19)6-7-18-10-14-21(15-11-18)25-20-4-2-1-3-5-20/h8-15,20,22,24-25,28H,1-5,16H2,(H,26,27). The van der Waals surface area contributed by atoms with Gasteiger partial charge in [0.25, 0.3) is 0 Å². The molecule has 4 N–H and O–H groups in total. The van der Waals surface area contributed by atoms with Gasteiger partial charge in [0.15, 0.2) is 0 Å². The van der Waals surface area contributed by atoms with Crippen molar-refractivity contribution in [1.29, 1.82) is 0 Å². The number of hydrogen-bond acceptors (Lipinski definition) is 5. The minimum absolute atomic E-state index is 0.0601. The van der Waals surface area contributed by atoms with Crippen LogP contribution >= 0.6 is 0 Å². The number of hydrogen-bond donors (Lipinski definition) is 4. The third-order valence-corrected chi connectivity index (χ3v) is 5.24. The molecule has 28 heavy (non-hydrogen) atoms. The molecule has 1 aliphatic carbocycles. The van der Waals surface area contributed by atoms with E-state index in [1.54, 1.807) is 0 Å². The lowest BCUT2D eigenvalue weighted by atomic mass is 9.95. The lowest BCUT2D eigenvalue weighted by Crippen LogP contribution is -2.49. The lowest BCUT2D eigenvalue weighted by molar-refractivity contribution is 0.156. The fourth-order valence-electron chi connectivity index (χ4n) is 3.65. The number of nitrogens with one attached hydrogen (secondary N) is 3. The van der Waals surface area contributed by atoms with E-state index in [4.69, 9.17) is 5.21 Å². The highest BCUT2D eigenvalue weighted by Gasteiger charge is 2.20. The molecule has 5 heteroatoms. The van der Waals surface area contributed by atoms with Crippen molar-refractivity contribution in [2.45, 2.75) is 44.3 Å². The molecule has 1 saturated carbocycles. The van der Waals surface area contributed by atoms with Gasteiger partial charge in [0.2, 0.25) is 0 Å². The van der Waals surface area contributed by atoms with Crippen molar-refractivity contribution in [3.8, 4) is 11.8 Å². The van der Waals surface area contributed by atoms with Crippen molar-refractivity contribution >= 4 is 11.5 Å². The first-order valence-electron chi connectivity index (χ1n) is 10.0. The summed E-state index contributed by atoms with van der Waals surface area (Å²) in [5.41, 5.74) is 6.32. The number of aliphatic imine (C=N–C) groups is 1. The Morgan fingerprint density at radius 3 is 2.14 bits per heavy atom. The number of amidine groups is 1. The molecule has 1 unspecified atom stereocenters. The largest absolute Gasteiger partial charge is 0.382 e. The zero-order valence-corrected chi connectivity index (χ0v) is 15.9. The van der Waals surface area contributed by atoms with Gasteiger partial charge in [-0.1, -0.05) is 43.2 Å². The van der Waals surface area contributed by atoms with E-state index in [-0.39, 0.29) is 6.17 Å². The van der Waals surface area contributed by atoms with Gasteiger partial charge in [-0.3, -0.25) is 0 Å². The smallest absolute Gasteiger partial charge is 0.137 e. The lowest BCUT2D eigenvalue weighted by Gasteiger charge is -2.26. The molecule has 1 atom stereocenters.